The summed E-state index contributed by atoms with van der Waals surface area (Å²) in [5.74, 6) is 0.790. The van der Waals surface area contributed by atoms with Crippen LogP contribution in [0.4, 0.5) is 0 Å². The van der Waals surface area contributed by atoms with E-state index in [0.29, 0.717) is 0 Å². The van der Waals surface area contributed by atoms with Crippen molar-refractivity contribution in [3.05, 3.63) is 41.5 Å². The second-order valence-corrected chi connectivity index (χ2v) is 6.00. The maximum absolute atomic E-state index is 2.61. The number of fused-ring (bicyclic) bond motifs is 2. The molecular formula is C17H23N. The molecule has 0 radical (unpaired) electrons. The Kier molecular flexibility index (Phi) is 3.25. The van der Waals surface area contributed by atoms with Gasteiger partial charge in [0.1, 0.15) is 0 Å². The molecule has 0 aliphatic carbocycles. The number of allylic oxidation sites excluding steroid dienone is 1. The first-order chi connectivity index (χ1) is 8.74. The summed E-state index contributed by atoms with van der Waals surface area (Å²) in [5, 5.41) is 0. The Bertz CT molecular complexity index is 435. The maximum Gasteiger partial charge on any atom is 0.0101 e. The molecule has 2 aliphatic rings. The molecule has 0 aromatic heterocycles. The van der Waals surface area contributed by atoms with Gasteiger partial charge in [0, 0.05) is 12.1 Å². The van der Waals surface area contributed by atoms with Crippen molar-refractivity contribution >= 4 is 6.08 Å². The fraction of sp³-hybridized carbons (Fsp3) is 0.529. The molecule has 1 aromatic carbocycles. The first-order valence-corrected chi connectivity index (χ1v) is 7.20. The minimum absolute atomic E-state index is 0.790. The van der Waals surface area contributed by atoms with Crippen LogP contribution in [0, 0.1) is 12.8 Å². The molecule has 96 valence electrons. The van der Waals surface area contributed by atoms with Gasteiger partial charge in [-0.1, -0.05) is 36.4 Å². The molecule has 2 heterocycles. The third kappa shape index (κ3) is 2.24. The molecule has 1 heteroatoms. The van der Waals surface area contributed by atoms with Crippen LogP contribution < -0.4 is 0 Å². The number of benzene rings is 1. The SMILES string of the molecule is Cc1ccccc1C=CC1CC2CCC(C1)N2C. The minimum atomic E-state index is 0.790. The van der Waals surface area contributed by atoms with Crippen molar-refractivity contribution in [2.45, 2.75) is 44.7 Å². The van der Waals surface area contributed by atoms with Crippen molar-refractivity contribution in [3.63, 3.8) is 0 Å². The second-order valence-electron chi connectivity index (χ2n) is 6.00. The van der Waals surface area contributed by atoms with Gasteiger partial charge in [-0.2, -0.15) is 0 Å². The normalized spacial score (nSPS) is 32.2. The molecule has 0 saturated carbocycles. The van der Waals surface area contributed by atoms with Gasteiger partial charge in [0.25, 0.3) is 0 Å². The number of hydrogen-bond donors (Lipinski definition) is 0. The van der Waals surface area contributed by atoms with Gasteiger partial charge in [-0.15, -0.1) is 0 Å². The maximum atomic E-state index is 2.61. The van der Waals surface area contributed by atoms with Crippen molar-refractivity contribution in [3.8, 4) is 0 Å². The predicted molar refractivity (Wildman–Crippen MR) is 77.5 cm³/mol. The number of nitrogens with zero attached hydrogens (tertiary/aromatic N) is 1. The van der Waals surface area contributed by atoms with E-state index in [9.17, 15) is 0 Å². The fourth-order valence-electron chi connectivity index (χ4n) is 3.62. The summed E-state index contributed by atoms with van der Waals surface area (Å²) < 4.78 is 0. The molecule has 18 heavy (non-hydrogen) atoms. The van der Waals surface area contributed by atoms with Gasteiger partial charge in [-0.3, -0.25) is 0 Å². The molecule has 2 saturated heterocycles. The molecule has 2 unspecified atom stereocenters. The van der Waals surface area contributed by atoms with Gasteiger partial charge in [-0.05, 0) is 56.7 Å². The van der Waals surface area contributed by atoms with Crippen molar-refractivity contribution < 1.29 is 0 Å². The zero-order valence-electron chi connectivity index (χ0n) is 11.5. The van der Waals surface area contributed by atoms with E-state index in [1.54, 1.807) is 0 Å². The third-order valence-electron chi connectivity index (χ3n) is 4.87. The van der Waals surface area contributed by atoms with Gasteiger partial charge in [-0.25, -0.2) is 0 Å². The third-order valence-corrected chi connectivity index (χ3v) is 4.87. The molecule has 2 fully saturated rings. The molecule has 0 spiro atoms. The molecule has 2 atom stereocenters. The average Bonchev–Trinajstić information content (AvgIpc) is 2.62. The highest BCUT2D eigenvalue weighted by atomic mass is 15.2. The minimum Gasteiger partial charge on any atom is -0.300 e. The Hall–Kier alpha value is -1.08. The number of hydrogen-bond acceptors (Lipinski definition) is 1. The van der Waals surface area contributed by atoms with Crippen LogP contribution >= 0.6 is 0 Å². The summed E-state index contributed by atoms with van der Waals surface area (Å²) in [6, 6.07) is 10.3. The van der Waals surface area contributed by atoms with Crippen LogP contribution in [0.15, 0.2) is 30.3 Å². The molecular weight excluding hydrogens is 218 g/mol. The van der Waals surface area contributed by atoms with Gasteiger partial charge >= 0.3 is 0 Å². The van der Waals surface area contributed by atoms with Crippen LogP contribution in [0.1, 0.15) is 36.8 Å². The van der Waals surface area contributed by atoms with E-state index in [0.717, 1.165) is 18.0 Å². The van der Waals surface area contributed by atoms with Crippen LogP contribution in [-0.4, -0.2) is 24.0 Å². The molecule has 0 amide bonds. The largest absolute Gasteiger partial charge is 0.300 e. The monoisotopic (exact) mass is 241 g/mol. The van der Waals surface area contributed by atoms with Crippen molar-refractivity contribution in [2.75, 3.05) is 7.05 Å². The topological polar surface area (TPSA) is 3.24 Å². The highest BCUT2D eigenvalue weighted by molar-refractivity contribution is 5.53. The Labute approximate surface area is 111 Å². The Morgan fingerprint density at radius 3 is 2.44 bits per heavy atom. The Balaban J connectivity index is 1.69. The van der Waals surface area contributed by atoms with Crippen LogP contribution in [0.25, 0.3) is 6.08 Å². The quantitative estimate of drug-likeness (QED) is 0.759. The lowest BCUT2D eigenvalue weighted by atomic mass is 9.90. The van der Waals surface area contributed by atoms with Crippen molar-refractivity contribution in [1.29, 1.82) is 0 Å². The summed E-state index contributed by atoms with van der Waals surface area (Å²) in [6.07, 6.45) is 10.3. The van der Waals surface area contributed by atoms with Crippen LogP contribution in [0.2, 0.25) is 0 Å². The van der Waals surface area contributed by atoms with Gasteiger partial charge < -0.3 is 4.90 Å². The highest BCUT2D eigenvalue weighted by Crippen LogP contribution is 2.38. The number of aryl methyl sites for hydroxylation is 1. The number of rotatable bonds is 2. The molecule has 2 bridgehead atoms. The van der Waals surface area contributed by atoms with E-state index in [1.165, 1.54) is 36.8 Å². The Morgan fingerprint density at radius 1 is 1.11 bits per heavy atom. The fourth-order valence-corrected chi connectivity index (χ4v) is 3.62. The van der Waals surface area contributed by atoms with Crippen molar-refractivity contribution in [2.24, 2.45) is 5.92 Å². The number of piperidine rings is 1. The first kappa shape index (κ1) is 12.0. The first-order valence-electron chi connectivity index (χ1n) is 7.20. The molecule has 2 aliphatic heterocycles. The van der Waals surface area contributed by atoms with Crippen LogP contribution in [0.5, 0.6) is 0 Å². The van der Waals surface area contributed by atoms with E-state index in [2.05, 4.69) is 55.3 Å². The van der Waals surface area contributed by atoms with Gasteiger partial charge in [0.2, 0.25) is 0 Å². The Morgan fingerprint density at radius 2 is 1.78 bits per heavy atom. The van der Waals surface area contributed by atoms with E-state index < -0.39 is 0 Å². The summed E-state index contributed by atoms with van der Waals surface area (Å²) in [6.45, 7) is 2.19. The standard InChI is InChI=1S/C17H23N/c1-13-5-3-4-6-15(13)8-7-14-11-16-9-10-17(12-14)18(16)2/h3-8,14,16-17H,9-12H2,1-2H3. The zero-order valence-corrected chi connectivity index (χ0v) is 11.5. The summed E-state index contributed by atoms with van der Waals surface area (Å²) in [5.41, 5.74) is 2.76. The lowest BCUT2D eigenvalue weighted by Gasteiger charge is -2.35. The molecule has 0 N–H and O–H groups in total. The summed E-state index contributed by atoms with van der Waals surface area (Å²) >= 11 is 0. The van der Waals surface area contributed by atoms with E-state index in [1.807, 2.05) is 0 Å². The molecule has 3 rings (SSSR count). The van der Waals surface area contributed by atoms with Crippen LogP contribution in [-0.2, 0) is 0 Å². The van der Waals surface area contributed by atoms with E-state index in [-0.39, 0.29) is 0 Å². The highest BCUT2D eigenvalue weighted by Gasteiger charge is 2.37. The summed E-state index contributed by atoms with van der Waals surface area (Å²) in [4.78, 5) is 2.61. The zero-order chi connectivity index (χ0) is 12.5. The molecule has 1 aromatic rings. The van der Waals surface area contributed by atoms with E-state index >= 15 is 0 Å². The average molecular weight is 241 g/mol. The van der Waals surface area contributed by atoms with Crippen molar-refractivity contribution in [1.82, 2.24) is 4.90 Å². The molecule has 1 nitrogen and oxygen atoms in total. The predicted octanol–water partition coefficient (Wildman–Crippen LogP) is 3.88. The lowest BCUT2D eigenvalue weighted by Crippen LogP contribution is -2.39. The van der Waals surface area contributed by atoms with Crippen LogP contribution in [0.3, 0.4) is 0 Å². The lowest BCUT2D eigenvalue weighted by molar-refractivity contribution is 0.152. The smallest absolute Gasteiger partial charge is 0.0101 e. The van der Waals surface area contributed by atoms with Gasteiger partial charge in [0.05, 0.1) is 0 Å². The van der Waals surface area contributed by atoms with E-state index in [4.69, 9.17) is 0 Å². The second kappa shape index (κ2) is 4.89. The summed E-state index contributed by atoms with van der Waals surface area (Å²) in [7, 11) is 2.31. The van der Waals surface area contributed by atoms with Gasteiger partial charge in [0.15, 0.2) is 0 Å².